The molecule has 1 aliphatic rings. The molecule has 0 saturated carbocycles. The van der Waals surface area contributed by atoms with Crippen LogP contribution < -0.4 is 4.90 Å². The van der Waals surface area contributed by atoms with Gasteiger partial charge in [-0.3, -0.25) is 10.1 Å². The topological polar surface area (TPSA) is 55.6 Å². The first-order valence-corrected chi connectivity index (χ1v) is 6.80. The summed E-state index contributed by atoms with van der Waals surface area (Å²) < 4.78 is 5.30. The van der Waals surface area contributed by atoms with Gasteiger partial charge >= 0.3 is 0 Å². The van der Waals surface area contributed by atoms with E-state index < -0.39 is 0 Å². The Hall–Kier alpha value is -1.40. The predicted molar refractivity (Wildman–Crippen MR) is 72.6 cm³/mol. The van der Waals surface area contributed by atoms with E-state index in [1.807, 2.05) is 12.1 Å². The van der Waals surface area contributed by atoms with E-state index in [4.69, 9.17) is 4.74 Å². The van der Waals surface area contributed by atoms with Crippen molar-refractivity contribution in [3.05, 3.63) is 32.8 Å². The largest absolute Gasteiger partial charge is 0.378 e. The van der Waals surface area contributed by atoms with Crippen LogP contribution >= 0.6 is 11.3 Å². The molecule has 98 valence electrons. The van der Waals surface area contributed by atoms with Crippen LogP contribution in [0.15, 0.2) is 17.8 Å². The second-order valence-electron chi connectivity index (χ2n) is 4.02. The van der Waals surface area contributed by atoms with Crippen LogP contribution in [0.3, 0.4) is 0 Å². The Morgan fingerprint density at radius 3 is 2.89 bits per heavy atom. The number of anilines is 1. The van der Waals surface area contributed by atoms with E-state index >= 15 is 0 Å². The van der Waals surface area contributed by atoms with Crippen molar-refractivity contribution < 1.29 is 9.66 Å². The molecule has 1 fully saturated rings. The molecule has 1 saturated heterocycles. The van der Waals surface area contributed by atoms with Crippen molar-refractivity contribution in [3.8, 4) is 0 Å². The molecular weight excluding hydrogens is 252 g/mol. The summed E-state index contributed by atoms with van der Waals surface area (Å²) in [6.45, 7) is 5.07. The van der Waals surface area contributed by atoms with E-state index in [9.17, 15) is 10.1 Å². The van der Waals surface area contributed by atoms with E-state index in [0.29, 0.717) is 6.42 Å². The van der Waals surface area contributed by atoms with Crippen LogP contribution in [-0.2, 0) is 4.74 Å². The normalized spacial score (nSPS) is 16.9. The second-order valence-corrected chi connectivity index (χ2v) is 5.12. The highest BCUT2D eigenvalue weighted by Crippen LogP contribution is 2.28. The molecule has 1 aromatic heterocycles. The summed E-state index contributed by atoms with van der Waals surface area (Å²) in [5.74, 6) is 0. The van der Waals surface area contributed by atoms with Crippen molar-refractivity contribution in [1.82, 2.24) is 0 Å². The van der Waals surface area contributed by atoms with Crippen molar-refractivity contribution in [1.29, 1.82) is 0 Å². The van der Waals surface area contributed by atoms with Crippen LogP contribution in [0.1, 0.15) is 18.2 Å². The van der Waals surface area contributed by atoms with Crippen LogP contribution in [-0.4, -0.2) is 31.2 Å². The summed E-state index contributed by atoms with van der Waals surface area (Å²) in [5, 5.41) is 11.9. The molecule has 0 unspecified atom stereocenters. The van der Waals surface area contributed by atoms with Gasteiger partial charge in [-0.1, -0.05) is 6.92 Å². The fraction of sp³-hybridized carbons (Fsp3) is 0.500. The van der Waals surface area contributed by atoms with E-state index in [1.54, 1.807) is 24.3 Å². The number of hydrogen-bond acceptors (Lipinski definition) is 5. The molecule has 18 heavy (non-hydrogen) atoms. The van der Waals surface area contributed by atoms with Gasteiger partial charge in [0.15, 0.2) is 0 Å². The van der Waals surface area contributed by atoms with Crippen molar-refractivity contribution >= 4 is 22.4 Å². The molecule has 5 nitrogen and oxygen atoms in total. The molecule has 1 aromatic rings. The average Bonchev–Trinajstić information content (AvgIpc) is 2.85. The lowest BCUT2D eigenvalue weighted by Gasteiger charge is -2.27. The Bertz CT molecular complexity index is 450. The van der Waals surface area contributed by atoms with Gasteiger partial charge < -0.3 is 9.64 Å². The molecule has 0 atom stereocenters. The Labute approximate surface area is 110 Å². The molecule has 2 heterocycles. The Balaban J connectivity index is 2.12. The molecule has 0 radical (unpaired) electrons. The highest BCUT2D eigenvalue weighted by atomic mass is 32.1. The van der Waals surface area contributed by atoms with Gasteiger partial charge in [-0.25, -0.2) is 0 Å². The minimum Gasteiger partial charge on any atom is -0.378 e. The zero-order chi connectivity index (χ0) is 13.0. The number of rotatable bonds is 4. The fourth-order valence-electron chi connectivity index (χ4n) is 1.82. The number of thiophene rings is 1. The smallest absolute Gasteiger partial charge is 0.247 e. The second kappa shape index (κ2) is 5.97. The SMILES string of the molecule is CCC(=Cc1ccc(N2CCOCC2)s1)[N+](=O)[O-]. The number of morpholine rings is 1. The van der Waals surface area contributed by atoms with E-state index in [1.165, 1.54) is 0 Å². The molecule has 0 aliphatic carbocycles. The Morgan fingerprint density at radius 1 is 1.56 bits per heavy atom. The molecule has 0 amide bonds. The number of nitrogens with zero attached hydrogens (tertiary/aromatic N) is 2. The van der Waals surface area contributed by atoms with Gasteiger partial charge in [0.05, 0.1) is 23.1 Å². The third-order valence-electron chi connectivity index (χ3n) is 2.84. The van der Waals surface area contributed by atoms with Crippen molar-refractivity contribution in [3.63, 3.8) is 0 Å². The van der Waals surface area contributed by atoms with Gasteiger partial charge in [0.1, 0.15) is 0 Å². The summed E-state index contributed by atoms with van der Waals surface area (Å²) in [7, 11) is 0. The van der Waals surface area contributed by atoms with Crippen molar-refractivity contribution in [2.24, 2.45) is 0 Å². The standard InChI is InChI=1S/C12H16N2O3S/c1-2-10(14(15)16)9-11-3-4-12(18-11)13-5-7-17-8-6-13/h3-4,9H,2,5-8H2,1H3. The van der Waals surface area contributed by atoms with E-state index in [-0.39, 0.29) is 10.6 Å². The van der Waals surface area contributed by atoms with Gasteiger partial charge in [-0.05, 0) is 12.1 Å². The van der Waals surface area contributed by atoms with Crippen LogP contribution in [0, 0.1) is 10.1 Å². The number of allylic oxidation sites excluding steroid dienone is 1. The van der Waals surface area contributed by atoms with Crippen LogP contribution in [0.2, 0.25) is 0 Å². The minimum atomic E-state index is -0.311. The molecule has 0 N–H and O–H groups in total. The summed E-state index contributed by atoms with van der Waals surface area (Å²) in [6, 6.07) is 3.96. The van der Waals surface area contributed by atoms with Gasteiger partial charge in [0.2, 0.25) is 5.70 Å². The fourth-order valence-corrected chi connectivity index (χ4v) is 2.84. The zero-order valence-corrected chi connectivity index (χ0v) is 11.1. The first-order valence-electron chi connectivity index (χ1n) is 5.98. The van der Waals surface area contributed by atoms with Crippen LogP contribution in [0.4, 0.5) is 5.00 Å². The van der Waals surface area contributed by atoms with E-state index in [0.717, 1.165) is 36.2 Å². The lowest BCUT2D eigenvalue weighted by atomic mass is 10.3. The molecule has 0 aromatic carbocycles. The van der Waals surface area contributed by atoms with Gasteiger partial charge in [-0.15, -0.1) is 11.3 Å². The number of nitro groups is 1. The summed E-state index contributed by atoms with van der Waals surface area (Å²) in [4.78, 5) is 13.6. The lowest BCUT2D eigenvalue weighted by Crippen LogP contribution is -2.35. The summed E-state index contributed by atoms with van der Waals surface area (Å²) >= 11 is 1.59. The number of ether oxygens (including phenoxy) is 1. The summed E-state index contributed by atoms with van der Waals surface area (Å²) in [6.07, 6.45) is 2.10. The molecule has 1 aliphatic heterocycles. The maximum atomic E-state index is 10.8. The van der Waals surface area contributed by atoms with Crippen LogP contribution in [0.5, 0.6) is 0 Å². The molecule has 6 heteroatoms. The first-order chi connectivity index (χ1) is 8.70. The quantitative estimate of drug-likeness (QED) is 0.622. The van der Waals surface area contributed by atoms with Crippen LogP contribution in [0.25, 0.3) is 6.08 Å². The maximum Gasteiger partial charge on any atom is 0.247 e. The highest BCUT2D eigenvalue weighted by molar-refractivity contribution is 7.16. The Morgan fingerprint density at radius 2 is 2.28 bits per heavy atom. The van der Waals surface area contributed by atoms with Crippen molar-refractivity contribution in [2.45, 2.75) is 13.3 Å². The lowest BCUT2D eigenvalue weighted by molar-refractivity contribution is -0.425. The highest BCUT2D eigenvalue weighted by Gasteiger charge is 2.14. The monoisotopic (exact) mass is 268 g/mol. The zero-order valence-electron chi connectivity index (χ0n) is 10.3. The van der Waals surface area contributed by atoms with Crippen molar-refractivity contribution in [2.75, 3.05) is 31.2 Å². The molecule has 2 rings (SSSR count). The van der Waals surface area contributed by atoms with Gasteiger partial charge in [0, 0.05) is 30.5 Å². The average molecular weight is 268 g/mol. The van der Waals surface area contributed by atoms with Gasteiger partial charge in [-0.2, -0.15) is 0 Å². The first kappa shape index (κ1) is 13.0. The summed E-state index contributed by atoms with van der Waals surface area (Å²) in [5.41, 5.74) is 0.255. The maximum absolute atomic E-state index is 10.8. The third-order valence-corrected chi connectivity index (χ3v) is 3.93. The molecule has 0 spiro atoms. The predicted octanol–water partition coefficient (Wildman–Crippen LogP) is 2.61. The number of hydrogen-bond donors (Lipinski definition) is 0. The molecule has 0 bridgehead atoms. The van der Waals surface area contributed by atoms with Gasteiger partial charge in [0.25, 0.3) is 0 Å². The third kappa shape index (κ3) is 3.08. The minimum absolute atomic E-state index is 0.255. The van der Waals surface area contributed by atoms with E-state index in [2.05, 4.69) is 4.90 Å². The Kier molecular flexibility index (Phi) is 4.33. The molecular formula is C12H16N2O3S.